The highest BCUT2D eigenvalue weighted by Crippen LogP contribution is 2.34. The first-order chi connectivity index (χ1) is 12.7. The van der Waals surface area contributed by atoms with Crippen molar-refractivity contribution < 1.29 is 4.79 Å². The summed E-state index contributed by atoms with van der Waals surface area (Å²) < 4.78 is 2.33. The fourth-order valence-electron chi connectivity index (χ4n) is 5.11. The lowest BCUT2D eigenvalue weighted by molar-refractivity contribution is -0.128. The van der Waals surface area contributed by atoms with Crippen LogP contribution in [-0.2, 0) is 17.8 Å². The van der Waals surface area contributed by atoms with Gasteiger partial charge in [-0.05, 0) is 38.1 Å². The average molecular weight is 360 g/mol. The molecule has 1 amide bonds. The van der Waals surface area contributed by atoms with E-state index >= 15 is 0 Å². The molecule has 1 aliphatic carbocycles. The maximum Gasteiger partial charge on any atom is 0.219 e. The Morgan fingerprint density at radius 1 is 0.962 bits per heavy atom. The van der Waals surface area contributed by atoms with Crippen molar-refractivity contribution in [3.8, 4) is 0 Å². The Morgan fingerprint density at radius 2 is 1.77 bits per heavy atom. The lowest BCUT2D eigenvalue weighted by atomic mass is 9.87. The number of hydrogen-bond donors (Lipinski definition) is 0. The van der Waals surface area contributed by atoms with Crippen molar-refractivity contribution in [1.29, 1.82) is 0 Å². The minimum atomic E-state index is 0.168. The number of fused-ring (bicyclic) bond motifs is 1. The minimum absolute atomic E-state index is 0.168. The van der Waals surface area contributed by atoms with Gasteiger partial charge in [0.2, 0.25) is 5.91 Å². The Balaban J connectivity index is 1.50. The van der Waals surface area contributed by atoms with Crippen LogP contribution in [0.4, 0.5) is 0 Å². The van der Waals surface area contributed by atoms with E-state index in [-0.39, 0.29) is 5.91 Å². The van der Waals surface area contributed by atoms with Crippen molar-refractivity contribution in [3.05, 3.63) is 11.6 Å². The molecule has 1 aromatic rings. The zero-order valence-corrected chi connectivity index (χ0v) is 16.2. The lowest BCUT2D eigenvalue weighted by Crippen LogP contribution is -2.39. The fraction of sp³-hybridized carbons (Fsp3) is 0.850. The van der Waals surface area contributed by atoms with E-state index < -0.39 is 0 Å². The Labute approximate surface area is 156 Å². The van der Waals surface area contributed by atoms with Crippen LogP contribution in [0, 0.1) is 5.92 Å². The third kappa shape index (κ3) is 3.80. The molecule has 26 heavy (non-hydrogen) atoms. The molecule has 2 fully saturated rings. The van der Waals surface area contributed by atoms with Crippen molar-refractivity contribution in [1.82, 2.24) is 24.6 Å². The summed E-state index contributed by atoms with van der Waals surface area (Å²) in [5.74, 6) is 3.25. The molecule has 0 bridgehead atoms. The molecule has 3 aliphatic rings. The van der Waals surface area contributed by atoms with Gasteiger partial charge in [0.15, 0.2) is 0 Å². The van der Waals surface area contributed by atoms with Crippen molar-refractivity contribution >= 4 is 5.91 Å². The molecular weight excluding hydrogens is 326 g/mol. The molecule has 0 radical (unpaired) electrons. The molecule has 4 rings (SSSR count). The highest BCUT2D eigenvalue weighted by molar-refractivity contribution is 5.73. The molecule has 6 heteroatoms. The molecule has 2 aliphatic heterocycles. The summed E-state index contributed by atoms with van der Waals surface area (Å²) in [6.45, 7) is 6.48. The maximum absolute atomic E-state index is 11.8. The van der Waals surface area contributed by atoms with Gasteiger partial charge in [0.05, 0.1) is 6.04 Å². The van der Waals surface area contributed by atoms with Crippen molar-refractivity contribution in [3.63, 3.8) is 0 Å². The van der Waals surface area contributed by atoms with E-state index in [1.165, 1.54) is 64.5 Å². The second-order valence-electron chi connectivity index (χ2n) is 8.39. The Morgan fingerprint density at radius 3 is 2.58 bits per heavy atom. The van der Waals surface area contributed by atoms with Gasteiger partial charge in [-0.3, -0.25) is 9.69 Å². The van der Waals surface area contributed by atoms with Gasteiger partial charge < -0.3 is 9.47 Å². The molecule has 1 atom stereocenters. The molecule has 1 aromatic heterocycles. The van der Waals surface area contributed by atoms with Gasteiger partial charge in [0, 0.05) is 39.5 Å². The molecule has 1 saturated heterocycles. The van der Waals surface area contributed by atoms with E-state index in [1.54, 1.807) is 6.92 Å². The molecule has 0 spiro atoms. The number of rotatable bonds is 3. The molecule has 6 nitrogen and oxygen atoms in total. The molecule has 3 heterocycles. The predicted molar refractivity (Wildman–Crippen MR) is 101 cm³/mol. The van der Waals surface area contributed by atoms with Gasteiger partial charge in [0.1, 0.15) is 11.6 Å². The van der Waals surface area contributed by atoms with Crippen molar-refractivity contribution in [2.75, 3.05) is 26.2 Å². The van der Waals surface area contributed by atoms with Crippen LogP contribution in [0.15, 0.2) is 0 Å². The van der Waals surface area contributed by atoms with E-state index in [1.807, 2.05) is 4.90 Å². The van der Waals surface area contributed by atoms with E-state index in [2.05, 4.69) is 19.7 Å². The number of piperidine rings is 1. The van der Waals surface area contributed by atoms with Gasteiger partial charge in [0.25, 0.3) is 0 Å². The van der Waals surface area contributed by atoms with E-state index in [0.29, 0.717) is 6.04 Å². The first-order valence-electron chi connectivity index (χ1n) is 10.6. The molecule has 1 saturated carbocycles. The first-order valence-corrected chi connectivity index (χ1v) is 10.6. The third-order valence-electron chi connectivity index (χ3n) is 6.63. The van der Waals surface area contributed by atoms with Gasteiger partial charge >= 0.3 is 0 Å². The number of amides is 1. The Kier molecular flexibility index (Phi) is 5.57. The fourth-order valence-corrected chi connectivity index (χ4v) is 5.11. The number of nitrogens with zero attached hydrogens (tertiary/aromatic N) is 5. The van der Waals surface area contributed by atoms with E-state index in [0.717, 1.165) is 43.6 Å². The van der Waals surface area contributed by atoms with Crippen LogP contribution in [0.2, 0.25) is 0 Å². The van der Waals surface area contributed by atoms with Gasteiger partial charge in [-0.2, -0.15) is 0 Å². The SMILES string of the molecule is CC(=O)N1CCc2nnc(C3CCCCN3CC3CCCCC3)n2CC1. The smallest absolute Gasteiger partial charge is 0.219 e. The van der Waals surface area contributed by atoms with Crippen LogP contribution in [0.1, 0.15) is 76.0 Å². The zero-order valence-electron chi connectivity index (χ0n) is 16.2. The van der Waals surface area contributed by atoms with Crippen LogP contribution < -0.4 is 0 Å². The summed E-state index contributed by atoms with van der Waals surface area (Å²) in [6.07, 6.45) is 11.6. The highest BCUT2D eigenvalue weighted by atomic mass is 16.2. The standard InChI is InChI=1S/C20H33N5O/c1-16(26)23-12-10-19-21-22-20(25(19)14-13-23)18-9-5-6-11-24(18)15-17-7-3-2-4-8-17/h17-18H,2-15H2,1H3. The first kappa shape index (κ1) is 18.0. The summed E-state index contributed by atoms with van der Waals surface area (Å²) in [5, 5.41) is 9.16. The number of hydrogen-bond acceptors (Lipinski definition) is 4. The van der Waals surface area contributed by atoms with E-state index in [4.69, 9.17) is 0 Å². The summed E-state index contributed by atoms with van der Waals surface area (Å²) in [5.41, 5.74) is 0. The largest absolute Gasteiger partial charge is 0.341 e. The predicted octanol–water partition coefficient (Wildman–Crippen LogP) is 2.79. The Bertz CT molecular complexity index is 622. The normalized spacial score (nSPS) is 25.7. The summed E-state index contributed by atoms with van der Waals surface area (Å²) in [7, 11) is 0. The van der Waals surface area contributed by atoms with Gasteiger partial charge in [-0.25, -0.2) is 0 Å². The summed E-state index contributed by atoms with van der Waals surface area (Å²) in [6, 6.07) is 0.413. The summed E-state index contributed by atoms with van der Waals surface area (Å²) in [4.78, 5) is 16.4. The van der Waals surface area contributed by atoms with Crippen LogP contribution in [-0.4, -0.2) is 56.7 Å². The van der Waals surface area contributed by atoms with Gasteiger partial charge in [-0.15, -0.1) is 10.2 Å². The van der Waals surface area contributed by atoms with Crippen LogP contribution in [0.25, 0.3) is 0 Å². The quantitative estimate of drug-likeness (QED) is 0.833. The van der Waals surface area contributed by atoms with Crippen molar-refractivity contribution in [2.45, 2.75) is 77.3 Å². The third-order valence-corrected chi connectivity index (χ3v) is 6.63. The molecule has 0 aromatic carbocycles. The second-order valence-corrected chi connectivity index (χ2v) is 8.39. The molecule has 1 unspecified atom stereocenters. The average Bonchev–Trinajstić information content (AvgIpc) is 2.93. The molecule has 0 N–H and O–H groups in total. The molecular formula is C20H33N5O. The van der Waals surface area contributed by atoms with Crippen LogP contribution in [0.3, 0.4) is 0 Å². The summed E-state index contributed by atoms with van der Waals surface area (Å²) >= 11 is 0. The van der Waals surface area contributed by atoms with Crippen LogP contribution in [0.5, 0.6) is 0 Å². The number of aromatic nitrogens is 3. The van der Waals surface area contributed by atoms with Crippen LogP contribution >= 0.6 is 0 Å². The van der Waals surface area contributed by atoms with Gasteiger partial charge in [-0.1, -0.05) is 25.7 Å². The van der Waals surface area contributed by atoms with E-state index in [9.17, 15) is 4.79 Å². The monoisotopic (exact) mass is 359 g/mol. The lowest BCUT2D eigenvalue weighted by Gasteiger charge is -2.38. The second kappa shape index (κ2) is 8.07. The number of carbonyl (C=O) groups is 1. The zero-order chi connectivity index (χ0) is 17.9. The minimum Gasteiger partial charge on any atom is -0.341 e. The molecule has 144 valence electrons. The highest BCUT2D eigenvalue weighted by Gasteiger charge is 2.32. The maximum atomic E-state index is 11.8. The topological polar surface area (TPSA) is 54.3 Å². The number of carbonyl (C=O) groups excluding carboxylic acids is 1. The Hall–Kier alpha value is -1.43. The van der Waals surface area contributed by atoms with Crippen molar-refractivity contribution in [2.24, 2.45) is 5.92 Å². The number of likely N-dealkylation sites (tertiary alicyclic amines) is 1.